The second-order valence-corrected chi connectivity index (χ2v) is 7.83. The van der Waals surface area contributed by atoms with Crippen LogP contribution in [0.2, 0.25) is 0 Å². The van der Waals surface area contributed by atoms with E-state index in [0.717, 1.165) is 29.7 Å². The summed E-state index contributed by atoms with van der Waals surface area (Å²) in [6, 6.07) is 7.28. The molecule has 0 heterocycles. The topological polar surface area (TPSA) is 38.0 Å². The third-order valence-corrected chi connectivity index (χ3v) is 6.35. The summed E-state index contributed by atoms with van der Waals surface area (Å²) in [6.07, 6.45) is 9.14. The van der Waals surface area contributed by atoms with Crippen molar-refractivity contribution in [1.29, 1.82) is 0 Å². The molecule has 1 aromatic rings. The molecule has 0 amide bonds. The molecule has 2 nitrogen and oxygen atoms in total. The minimum atomic E-state index is -0.145. The Morgan fingerprint density at radius 2 is 1.76 bits per heavy atom. The molecule has 1 atom stereocenters. The summed E-state index contributed by atoms with van der Waals surface area (Å²) < 4.78 is 13.4. The Bertz CT molecular complexity index is 492. The molecule has 114 valence electrons. The van der Waals surface area contributed by atoms with Crippen LogP contribution >= 0.6 is 0 Å². The zero-order valence-corrected chi connectivity index (χ0v) is 12.5. The van der Waals surface area contributed by atoms with Crippen LogP contribution < -0.4 is 11.3 Å². The van der Waals surface area contributed by atoms with Crippen molar-refractivity contribution in [1.82, 2.24) is 5.43 Å². The predicted molar refractivity (Wildman–Crippen MR) is 81.8 cm³/mol. The van der Waals surface area contributed by atoms with Gasteiger partial charge in [0.05, 0.1) is 0 Å². The van der Waals surface area contributed by atoms with Gasteiger partial charge in [-0.05, 0) is 85.8 Å². The molecule has 4 aliphatic rings. The standard InChI is InChI=1S/C18H25FN2/c19-16-3-1-2-12(7-16)8-17(21-20)18-9-13-4-14(10-18)6-15(5-13)11-18/h1-3,7,13-15,17,21H,4-6,8-11,20H2. The van der Waals surface area contributed by atoms with E-state index in [-0.39, 0.29) is 11.9 Å². The second-order valence-electron chi connectivity index (χ2n) is 7.83. The molecule has 0 radical (unpaired) electrons. The second kappa shape index (κ2) is 5.06. The first kappa shape index (κ1) is 13.7. The van der Waals surface area contributed by atoms with Gasteiger partial charge in [0.15, 0.2) is 0 Å². The van der Waals surface area contributed by atoms with Crippen LogP contribution in [0.5, 0.6) is 0 Å². The lowest BCUT2D eigenvalue weighted by molar-refractivity contribution is -0.0737. The molecule has 5 rings (SSSR count). The molecule has 4 aliphatic carbocycles. The fourth-order valence-corrected chi connectivity index (χ4v) is 5.96. The number of halogens is 1. The van der Waals surface area contributed by atoms with Gasteiger partial charge in [-0.2, -0.15) is 0 Å². The number of nitrogens with two attached hydrogens (primary N) is 1. The van der Waals surface area contributed by atoms with Gasteiger partial charge < -0.3 is 0 Å². The first-order chi connectivity index (χ1) is 10.2. The summed E-state index contributed by atoms with van der Waals surface area (Å²) in [4.78, 5) is 0. The van der Waals surface area contributed by atoms with Crippen LogP contribution in [0, 0.1) is 29.0 Å². The summed E-state index contributed by atoms with van der Waals surface area (Å²) in [5.41, 5.74) is 4.53. The van der Waals surface area contributed by atoms with E-state index < -0.39 is 0 Å². The molecule has 0 aliphatic heterocycles. The Hall–Kier alpha value is -0.930. The van der Waals surface area contributed by atoms with Crippen molar-refractivity contribution < 1.29 is 4.39 Å². The largest absolute Gasteiger partial charge is 0.271 e. The molecule has 0 spiro atoms. The fraction of sp³-hybridized carbons (Fsp3) is 0.667. The summed E-state index contributed by atoms with van der Waals surface area (Å²) in [7, 11) is 0. The Labute approximate surface area is 126 Å². The van der Waals surface area contributed by atoms with E-state index in [0.29, 0.717) is 5.41 Å². The number of hydrazine groups is 1. The Morgan fingerprint density at radius 3 is 2.29 bits per heavy atom. The van der Waals surface area contributed by atoms with Crippen LogP contribution in [0.15, 0.2) is 24.3 Å². The van der Waals surface area contributed by atoms with E-state index in [9.17, 15) is 4.39 Å². The van der Waals surface area contributed by atoms with E-state index in [1.807, 2.05) is 6.07 Å². The van der Waals surface area contributed by atoms with Crippen LogP contribution in [0.25, 0.3) is 0 Å². The van der Waals surface area contributed by atoms with Gasteiger partial charge in [-0.25, -0.2) is 4.39 Å². The number of nitrogens with one attached hydrogen (secondary N) is 1. The zero-order chi connectivity index (χ0) is 14.4. The Kier molecular flexibility index (Phi) is 3.31. The van der Waals surface area contributed by atoms with E-state index in [2.05, 4.69) is 5.43 Å². The van der Waals surface area contributed by atoms with Crippen LogP contribution in [-0.4, -0.2) is 6.04 Å². The number of hydrogen-bond donors (Lipinski definition) is 2. The van der Waals surface area contributed by atoms with Crippen molar-refractivity contribution in [2.75, 3.05) is 0 Å². The first-order valence-electron chi connectivity index (χ1n) is 8.37. The molecular formula is C18H25FN2. The van der Waals surface area contributed by atoms with Crippen molar-refractivity contribution >= 4 is 0 Å². The average molecular weight is 288 g/mol. The highest BCUT2D eigenvalue weighted by molar-refractivity contribution is 5.19. The van der Waals surface area contributed by atoms with Gasteiger partial charge in [0.1, 0.15) is 5.82 Å². The van der Waals surface area contributed by atoms with Gasteiger partial charge in [-0.1, -0.05) is 12.1 Å². The van der Waals surface area contributed by atoms with Crippen molar-refractivity contribution in [2.24, 2.45) is 29.0 Å². The Balaban J connectivity index is 1.58. The molecule has 1 unspecified atom stereocenters. The summed E-state index contributed by atoms with van der Waals surface area (Å²) in [5.74, 6) is 8.54. The molecule has 3 heteroatoms. The molecular weight excluding hydrogens is 263 g/mol. The van der Waals surface area contributed by atoms with Gasteiger partial charge in [-0.3, -0.25) is 11.3 Å². The number of rotatable bonds is 4. The molecule has 21 heavy (non-hydrogen) atoms. The SMILES string of the molecule is NNC(Cc1cccc(F)c1)C12CC3CC(CC(C3)C1)C2. The lowest BCUT2D eigenvalue weighted by atomic mass is 9.47. The highest BCUT2D eigenvalue weighted by Gasteiger charge is 2.53. The predicted octanol–water partition coefficient (Wildman–Crippen LogP) is 3.42. The van der Waals surface area contributed by atoms with Crippen LogP contribution in [0.1, 0.15) is 44.1 Å². The summed E-state index contributed by atoms with van der Waals surface area (Å²) in [5, 5.41) is 0. The molecule has 4 bridgehead atoms. The lowest BCUT2D eigenvalue weighted by Crippen LogP contribution is -2.58. The molecule has 4 fully saturated rings. The quantitative estimate of drug-likeness (QED) is 0.658. The normalized spacial score (nSPS) is 38.7. The first-order valence-corrected chi connectivity index (χ1v) is 8.37. The monoisotopic (exact) mass is 288 g/mol. The maximum absolute atomic E-state index is 13.4. The highest BCUT2D eigenvalue weighted by atomic mass is 19.1. The van der Waals surface area contributed by atoms with E-state index in [4.69, 9.17) is 5.84 Å². The summed E-state index contributed by atoms with van der Waals surface area (Å²) >= 11 is 0. The van der Waals surface area contributed by atoms with Crippen LogP contribution in [-0.2, 0) is 6.42 Å². The van der Waals surface area contributed by atoms with E-state index in [1.54, 1.807) is 12.1 Å². The minimum absolute atomic E-state index is 0.145. The maximum Gasteiger partial charge on any atom is 0.123 e. The van der Waals surface area contributed by atoms with Gasteiger partial charge in [0.25, 0.3) is 0 Å². The van der Waals surface area contributed by atoms with Crippen LogP contribution in [0.3, 0.4) is 0 Å². The number of hydrogen-bond acceptors (Lipinski definition) is 2. The number of benzene rings is 1. The minimum Gasteiger partial charge on any atom is -0.271 e. The van der Waals surface area contributed by atoms with E-state index >= 15 is 0 Å². The third-order valence-electron chi connectivity index (χ3n) is 6.35. The highest BCUT2D eigenvalue weighted by Crippen LogP contribution is 2.61. The molecule has 3 N–H and O–H groups in total. The third kappa shape index (κ3) is 2.40. The Morgan fingerprint density at radius 1 is 1.14 bits per heavy atom. The van der Waals surface area contributed by atoms with Crippen LogP contribution in [0.4, 0.5) is 4.39 Å². The van der Waals surface area contributed by atoms with Gasteiger partial charge >= 0.3 is 0 Å². The lowest BCUT2D eigenvalue weighted by Gasteiger charge is -2.59. The zero-order valence-electron chi connectivity index (χ0n) is 12.5. The van der Waals surface area contributed by atoms with Gasteiger partial charge in [0, 0.05) is 6.04 Å². The van der Waals surface area contributed by atoms with Crippen molar-refractivity contribution in [3.63, 3.8) is 0 Å². The summed E-state index contributed by atoms with van der Waals surface area (Å²) in [6.45, 7) is 0. The molecule has 1 aromatic carbocycles. The fourth-order valence-electron chi connectivity index (χ4n) is 5.96. The van der Waals surface area contributed by atoms with E-state index in [1.165, 1.54) is 44.6 Å². The average Bonchev–Trinajstić information content (AvgIpc) is 2.43. The van der Waals surface area contributed by atoms with Crippen molar-refractivity contribution in [3.8, 4) is 0 Å². The molecule has 4 saturated carbocycles. The van der Waals surface area contributed by atoms with Gasteiger partial charge in [0.2, 0.25) is 0 Å². The maximum atomic E-state index is 13.4. The molecule has 0 aromatic heterocycles. The van der Waals surface area contributed by atoms with Crippen molar-refractivity contribution in [2.45, 2.75) is 51.0 Å². The van der Waals surface area contributed by atoms with Gasteiger partial charge in [-0.15, -0.1) is 0 Å². The smallest absolute Gasteiger partial charge is 0.123 e. The molecule has 0 saturated heterocycles. The van der Waals surface area contributed by atoms with Crippen molar-refractivity contribution in [3.05, 3.63) is 35.6 Å².